The van der Waals surface area contributed by atoms with Crippen LogP contribution in [0.2, 0.25) is 0 Å². The van der Waals surface area contributed by atoms with E-state index in [1.807, 2.05) is 0 Å². The van der Waals surface area contributed by atoms with Gasteiger partial charge in [-0.25, -0.2) is 0 Å². The smallest absolute Gasteiger partial charge is 0.276 e. The second-order valence-electron chi connectivity index (χ2n) is 4.57. The van der Waals surface area contributed by atoms with E-state index in [1.54, 1.807) is 0 Å². The summed E-state index contributed by atoms with van der Waals surface area (Å²) in [7, 11) is 0. The van der Waals surface area contributed by atoms with Crippen molar-refractivity contribution < 1.29 is 34.8 Å². The predicted molar refractivity (Wildman–Crippen MR) is 59.8 cm³/mol. The lowest BCUT2D eigenvalue weighted by Gasteiger charge is -2.30. The zero-order chi connectivity index (χ0) is 14.7. The fraction of sp³-hybridized carbons (Fsp3) is 0.231. The summed E-state index contributed by atoms with van der Waals surface area (Å²) < 4.78 is 4.99. The molecule has 0 spiro atoms. The van der Waals surface area contributed by atoms with Crippen molar-refractivity contribution in [2.45, 2.75) is 11.4 Å². The first-order valence-corrected chi connectivity index (χ1v) is 5.71. The highest BCUT2D eigenvalue weighted by atomic mass is 16.7. The van der Waals surface area contributed by atoms with E-state index in [1.165, 1.54) is 24.3 Å². The third kappa shape index (κ3) is 1.15. The first-order chi connectivity index (χ1) is 9.38. The molecule has 0 bridgehead atoms. The van der Waals surface area contributed by atoms with Crippen LogP contribution in [0.4, 0.5) is 0 Å². The Labute approximate surface area is 112 Å². The highest BCUT2D eigenvalue weighted by Gasteiger charge is 2.71. The van der Waals surface area contributed by atoms with E-state index in [0.29, 0.717) is 0 Å². The van der Waals surface area contributed by atoms with Crippen molar-refractivity contribution in [1.82, 2.24) is 0 Å². The van der Waals surface area contributed by atoms with E-state index >= 15 is 0 Å². The zero-order valence-corrected chi connectivity index (χ0v) is 9.99. The molecule has 7 nitrogen and oxygen atoms in total. The first-order valence-electron chi connectivity index (χ1n) is 5.71. The Hall–Kier alpha value is -2.22. The van der Waals surface area contributed by atoms with E-state index in [9.17, 15) is 24.9 Å². The monoisotopic (exact) mass is 277 g/mol. The average molecular weight is 277 g/mol. The fourth-order valence-electron chi connectivity index (χ4n) is 2.74. The van der Waals surface area contributed by atoms with Gasteiger partial charge in [-0.15, -0.1) is 0 Å². The molecule has 2 aliphatic rings. The van der Waals surface area contributed by atoms with E-state index in [-0.39, 0.29) is 11.1 Å². The second kappa shape index (κ2) is 3.66. The van der Waals surface area contributed by atoms with Crippen LogP contribution in [0.3, 0.4) is 0 Å². The molecule has 0 fully saturated rings. The van der Waals surface area contributed by atoms with Gasteiger partial charge in [-0.2, -0.15) is 0 Å². The van der Waals surface area contributed by atoms with E-state index in [4.69, 9.17) is 9.84 Å². The van der Waals surface area contributed by atoms with Gasteiger partial charge in [0.15, 0.2) is 0 Å². The van der Waals surface area contributed by atoms with Crippen LogP contribution in [-0.2, 0) is 15.3 Å². The largest absolute Gasteiger partial charge is 0.545 e. The third-order valence-electron chi connectivity index (χ3n) is 3.62. The number of Topliss-reactive ketones (excluding diaryl/α,β-unsaturated/α-hetero) is 1. The third-order valence-corrected chi connectivity index (χ3v) is 3.62. The van der Waals surface area contributed by atoms with E-state index < -0.39 is 41.1 Å². The van der Waals surface area contributed by atoms with Crippen molar-refractivity contribution in [2.75, 3.05) is 6.61 Å². The van der Waals surface area contributed by atoms with E-state index in [2.05, 4.69) is 0 Å². The van der Waals surface area contributed by atoms with Crippen molar-refractivity contribution in [3.05, 3.63) is 46.7 Å². The molecule has 1 aliphatic carbocycles. The zero-order valence-electron chi connectivity index (χ0n) is 9.99. The summed E-state index contributed by atoms with van der Waals surface area (Å²) in [5.41, 5.74) is -3.89. The molecule has 0 amide bonds. The summed E-state index contributed by atoms with van der Waals surface area (Å²) in [6.45, 7) is -0.899. The van der Waals surface area contributed by atoms with Crippen LogP contribution in [0, 0.1) is 0 Å². The number of carbonyl (C=O) groups is 2. The summed E-state index contributed by atoms with van der Waals surface area (Å²) in [6.07, 6.45) is 0. The van der Waals surface area contributed by atoms with Gasteiger partial charge in [0.25, 0.3) is 5.79 Å². The molecule has 0 unspecified atom stereocenters. The molecule has 0 saturated carbocycles. The van der Waals surface area contributed by atoms with Crippen molar-refractivity contribution in [3.8, 4) is 0 Å². The first kappa shape index (κ1) is 12.8. The van der Waals surface area contributed by atoms with Crippen LogP contribution in [0.15, 0.2) is 35.6 Å². The minimum Gasteiger partial charge on any atom is -0.545 e. The summed E-state index contributed by atoms with van der Waals surface area (Å²) >= 11 is 0. The van der Waals surface area contributed by atoms with Crippen LogP contribution in [-0.4, -0.2) is 39.3 Å². The number of aliphatic carboxylic acids is 1. The molecule has 1 aromatic rings. The Morgan fingerprint density at radius 2 is 1.95 bits per heavy atom. The SMILES string of the molecule is O=C([O-])C1=C(CO)O[C@@]2(O)c3ccccc3C(=O)[C@@]12O. The van der Waals surface area contributed by atoms with Crippen molar-refractivity contribution in [1.29, 1.82) is 0 Å². The molecule has 1 aliphatic heterocycles. The standard InChI is InChI=1S/C13H10O7/c14-5-8-9(11(16)17)12(18)10(15)6-3-1-2-4-7(6)13(12,19)20-8/h1-4,14,18-19H,5H2,(H,16,17)/p-1/t12-,13-/m0/s1. The summed E-state index contributed by atoms with van der Waals surface area (Å²) in [5.74, 6) is -6.08. The van der Waals surface area contributed by atoms with Gasteiger partial charge < -0.3 is 30.0 Å². The molecule has 7 heteroatoms. The molecule has 0 saturated heterocycles. The lowest BCUT2D eigenvalue weighted by atomic mass is 9.86. The Balaban J connectivity index is 2.32. The van der Waals surface area contributed by atoms with Gasteiger partial charge in [-0.1, -0.05) is 24.3 Å². The molecular formula is C13H9O7-. The normalized spacial score (nSPS) is 31.1. The quantitative estimate of drug-likeness (QED) is 0.559. The lowest BCUT2D eigenvalue weighted by molar-refractivity contribution is -0.303. The number of hydrogen-bond acceptors (Lipinski definition) is 7. The Morgan fingerprint density at radius 1 is 1.30 bits per heavy atom. The molecule has 3 rings (SSSR count). The molecular weight excluding hydrogens is 268 g/mol. The van der Waals surface area contributed by atoms with Crippen LogP contribution in [0.25, 0.3) is 0 Å². The average Bonchev–Trinajstić information content (AvgIpc) is 2.76. The van der Waals surface area contributed by atoms with Crippen molar-refractivity contribution >= 4 is 11.8 Å². The minimum absolute atomic E-state index is 0.0479. The maximum atomic E-state index is 12.3. The number of ether oxygens (including phenoxy) is 1. The molecule has 0 aromatic heterocycles. The highest BCUT2D eigenvalue weighted by molar-refractivity contribution is 6.15. The van der Waals surface area contributed by atoms with Crippen LogP contribution in [0.1, 0.15) is 15.9 Å². The van der Waals surface area contributed by atoms with Crippen molar-refractivity contribution in [3.63, 3.8) is 0 Å². The lowest BCUT2D eigenvalue weighted by Crippen LogP contribution is -2.54. The molecule has 2 atom stereocenters. The summed E-state index contributed by atoms with van der Waals surface area (Å²) in [5, 5.41) is 41.3. The predicted octanol–water partition coefficient (Wildman–Crippen LogP) is -2.21. The number of carboxylic acid groups (broad SMARTS) is 1. The number of rotatable bonds is 2. The van der Waals surface area contributed by atoms with Gasteiger partial charge in [0, 0.05) is 11.1 Å². The second-order valence-corrected chi connectivity index (χ2v) is 4.57. The fourth-order valence-corrected chi connectivity index (χ4v) is 2.74. The number of aliphatic hydroxyl groups is 3. The van der Waals surface area contributed by atoms with Crippen LogP contribution >= 0.6 is 0 Å². The van der Waals surface area contributed by atoms with Gasteiger partial charge in [0.1, 0.15) is 12.4 Å². The van der Waals surface area contributed by atoms with Crippen LogP contribution in [0.5, 0.6) is 0 Å². The van der Waals surface area contributed by atoms with Crippen molar-refractivity contribution in [2.24, 2.45) is 0 Å². The maximum Gasteiger partial charge on any atom is 0.276 e. The molecule has 3 N–H and O–H groups in total. The Bertz CT molecular complexity index is 677. The highest BCUT2D eigenvalue weighted by Crippen LogP contribution is 2.54. The molecule has 0 radical (unpaired) electrons. The van der Waals surface area contributed by atoms with Gasteiger partial charge in [0.05, 0.1) is 11.5 Å². The van der Waals surface area contributed by atoms with E-state index in [0.717, 1.165) is 0 Å². The Morgan fingerprint density at radius 3 is 2.55 bits per heavy atom. The molecule has 104 valence electrons. The van der Waals surface area contributed by atoms with Gasteiger partial charge in [-0.05, 0) is 0 Å². The number of hydrogen-bond donors (Lipinski definition) is 3. The van der Waals surface area contributed by atoms with Gasteiger partial charge >= 0.3 is 0 Å². The maximum absolute atomic E-state index is 12.3. The number of ketones is 1. The molecule has 1 aromatic carbocycles. The molecule has 20 heavy (non-hydrogen) atoms. The number of benzene rings is 1. The summed E-state index contributed by atoms with van der Waals surface area (Å²) in [4.78, 5) is 23.5. The van der Waals surface area contributed by atoms with Gasteiger partial charge in [-0.3, -0.25) is 4.79 Å². The number of carboxylic acids is 1. The Kier molecular flexibility index (Phi) is 2.34. The van der Waals surface area contributed by atoms with Gasteiger partial charge in [0.2, 0.25) is 11.4 Å². The topological polar surface area (TPSA) is 127 Å². The van der Waals surface area contributed by atoms with Crippen LogP contribution < -0.4 is 5.11 Å². The number of aliphatic hydroxyl groups excluding tert-OH is 1. The summed E-state index contributed by atoms with van der Waals surface area (Å²) in [6, 6.07) is 5.66. The number of carbonyl (C=O) groups excluding carboxylic acids is 2. The number of fused-ring (bicyclic) bond motifs is 3. The molecule has 1 heterocycles. The minimum atomic E-state index is -2.83.